The first-order valence-corrected chi connectivity index (χ1v) is 4.09. The van der Waals surface area contributed by atoms with E-state index >= 15 is 0 Å². The van der Waals surface area contributed by atoms with Gasteiger partial charge in [0.25, 0.3) is 0 Å². The maximum Gasteiger partial charge on any atom is 0 e. The van der Waals surface area contributed by atoms with E-state index in [0.29, 0.717) is 0 Å². The fraction of sp³-hybridized carbons (Fsp3) is 0. The zero-order chi connectivity index (χ0) is 2.00. The minimum absolute atomic E-state index is 0. The van der Waals surface area contributed by atoms with E-state index < -0.39 is 0 Å². The van der Waals surface area contributed by atoms with Crippen LogP contribution >= 0.6 is 9.82 Å². The van der Waals surface area contributed by atoms with Crippen LogP contribution in [-0.2, 0) is 39.1 Å². The van der Waals surface area contributed by atoms with E-state index in [4.69, 9.17) is 0 Å². The first-order valence-electron chi connectivity index (χ1n) is 0.167. The van der Waals surface area contributed by atoms with Gasteiger partial charge in [0.2, 0.25) is 0 Å². The van der Waals surface area contributed by atoms with E-state index in [2.05, 4.69) is 9.82 Å². The number of hydrogen-bond acceptors (Lipinski definition) is 1. The second kappa shape index (κ2) is 28.5. The molecule has 0 aromatic carbocycles. The van der Waals surface area contributed by atoms with Crippen molar-refractivity contribution >= 4 is 50.6 Å². The number of rotatable bonds is 0. The van der Waals surface area contributed by atoms with Gasteiger partial charge in [0.1, 0.15) is 0 Å². The van der Waals surface area contributed by atoms with Crippen LogP contribution in [0.4, 0.5) is 0 Å². The van der Waals surface area contributed by atoms with Gasteiger partial charge in [-0.15, -0.1) is 0 Å². The van der Waals surface area contributed by atoms with Crippen molar-refractivity contribution in [1.82, 2.24) is 0 Å². The van der Waals surface area contributed by atoms with Crippen LogP contribution in [0.15, 0.2) is 0 Å². The molecule has 0 nitrogen and oxygen atoms in total. The Balaban J connectivity index is -0.00000000167. The quantitative estimate of drug-likeness (QED) is 0.404. The van der Waals surface area contributed by atoms with Crippen molar-refractivity contribution in [3.63, 3.8) is 0 Å². The molecule has 0 saturated heterocycles. The summed E-state index contributed by atoms with van der Waals surface area (Å²) in [5, 5.41) is 0. The van der Waals surface area contributed by atoms with Crippen LogP contribution in [0.5, 0.6) is 0 Å². The van der Waals surface area contributed by atoms with Crippen LogP contribution in [0.2, 0.25) is 0 Å². The third-order valence-electron chi connectivity index (χ3n) is 0. The van der Waals surface area contributed by atoms with E-state index in [1.165, 1.54) is 18.0 Å². The van der Waals surface area contributed by atoms with E-state index in [-0.39, 0.29) is 61.8 Å². The second-order valence-electron chi connectivity index (χ2n) is 0. The summed E-state index contributed by atoms with van der Waals surface area (Å²) >= 11 is 1.17. The minimum atomic E-state index is 0. The Morgan fingerprint density at radius 2 is 1.20 bits per heavy atom. The average Bonchev–Trinajstić information content (AvgIpc) is 1.00. The van der Waals surface area contributed by atoms with Gasteiger partial charge in [-0.25, -0.2) is 0 Å². The van der Waals surface area contributed by atoms with Gasteiger partial charge in [-0.3, -0.25) is 0 Å². The smallest absolute Gasteiger partial charge is 0 e. The topological polar surface area (TPSA) is 0 Å². The summed E-state index contributed by atoms with van der Waals surface area (Å²) in [6.07, 6.45) is 0. The van der Waals surface area contributed by atoms with Crippen LogP contribution in [0.25, 0.3) is 0 Å². The SMILES string of the molecule is [Mo].[S]=[W].[Se].[Te]. The Morgan fingerprint density at radius 1 is 1.20 bits per heavy atom. The van der Waals surface area contributed by atoms with E-state index in [9.17, 15) is 0 Å². The molecule has 0 unspecified atom stereocenters. The molecule has 0 aliphatic heterocycles. The van der Waals surface area contributed by atoms with Crippen molar-refractivity contribution in [1.29, 1.82) is 0 Å². The van der Waals surface area contributed by atoms with Crippen LogP contribution in [-0.4, -0.2) is 40.7 Å². The Hall–Kier alpha value is 2.91. The predicted octanol–water partition coefficient (Wildman–Crippen LogP) is -0.118. The molecule has 0 aromatic heterocycles. The van der Waals surface area contributed by atoms with Crippen molar-refractivity contribution in [3.05, 3.63) is 0 Å². The molecule has 0 heterocycles. The van der Waals surface area contributed by atoms with Crippen molar-refractivity contribution in [2.75, 3.05) is 0 Å². The second-order valence-corrected chi connectivity index (χ2v) is 0. The number of hydrogen-bond donors (Lipinski definition) is 0. The fourth-order valence-electron chi connectivity index (χ4n) is 0. The molecule has 0 aromatic rings. The van der Waals surface area contributed by atoms with Crippen LogP contribution in [0.1, 0.15) is 0 Å². The van der Waals surface area contributed by atoms with Crippen LogP contribution in [0.3, 0.4) is 0 Å². The van der Waals surface area contributed by atoms with Gasteiger partial charge < -0.3 is 0 Å². The zero-order valence-electron chi connectivity index (χ0n) is 2.04. The third-order valence-corrected chi connectivity index (χ3v) is 0. The average molecular weight is 518 g/mol. The first-order chi connectivity index (χ1) is 1.00. The van der Waals surface area contributed by atoms with Crippen molar-refractivity contribution in [2.45, 2.75) is 0 Å². The summed E-state index contributed by atoms with van der Waals surface area (Å²) in [5.74, 6) is 0. The summed E-state index contributed by atoms with van der Waals surface area (Å²) in [7, 11) is 4.17. The van der Waals surface area contributed by atoms with Crippen LogP contribution in [0, 0.1) is 0 Å². The van der Waals surface area contributed by atoms with Gasteiger partial charge >= 0.3 is 27.8 Å². The van der Waals surface area contributed by atoms with Gasteiger partial charge in [0.15, 0.2) is 0 Å². The molecule has 0 aliphatic carbocycles. The normalized spacial score (nSPS) is 0.800. The van der Waals surface area contributed by atoms with Gasteiger partial charge in [0.05, 0.1) is 0 Å². The molecule has 4 radical (unpaired) electrons. The molecule has 0 aliphatic rings. The molecule has 0 fully saturated rings. The van der Waals surface area contributed by atoms with E-state index in [0.717, 1.165) is 0 Å². The van der Waals surface area contributed by atoms with Crippen molar-refractivity contribution in [3.8, 4) is 0 Å². The molecule has 0 saturated carbocycles. The summed E-state index contributed by atoms with van der Waals surface area (Å²) in [6, 6.07) is 0. The van der Waals surface area contributed by atoms with Crippen molar-refractivity contribution in [2.24, 2.45) is 0 Å². The predicted molar refractivity (Wildman–Crippen MR) is 19.1 cm³/mol. The van der Waals surface area contributed by atoms with Crippen molar-refractivity contribution < 1.29 is 39.1 Å². The molecule has 0 spiro atoms. The largest absolute Gasteiger partial charge is 0 e. The minimum Gasteiger partial charge on any atom is 0 e. The van der Waals surface area contributed by atoms with Gasteiger partial charge in [-0.05, 0) is 0 Å². The molecule has 5 heteroatoms. The zero-order valence-corrected chi connectivity index (χ0v) is 11.8. The summed E-state index contributed by atoms with van der Waals surface area (Å²) < 4.78 is 0. The Labute approximate surface area is 88.0 Å². The van der Waals surface area contributed by atoms with E-state index in [1.54, 1.807) is 0 Å². The monoisotopic (exact) mass is 524 g/mol. The van der Waals surface area contributed by atoms with Crippen LogP contribution < -0.4 is 0 Å². The molecular formula is MoSSeTeW. The van der Waals surface area contributed by atoms with Gasteiger partial charge in [-0.2, -0.15) is 0 Å². The molecular weight excluding hydrogens is 518 g/mol. The Bertz CT molecular complexity index is 11.6. The van der Waals surface area contributed by atoms with Gasteiger partial charge in [-0.1, -0.05) is 0 Å². The summed E-state index contributed by atoms with van der Waals surface area (Å²) in [5.41, 5.74) is 0. The van der Waals surface area contributed by atoms with E-state index in [1.807, 2.05) is 0 Å². The van der Waals surface area contributed by atoms with Gasteiger partial charge in [0, 0.05) is 61.8 Å². The maximum absolute atomic E-state index is 4.17. The summed E-state index contributed by atoms with van der Waals surface area (Å²) in [4.78, 5) is 0. The summed E-state index contributed by atoms with van der Waals surface area (Å²) in [6.45, 7) is 0. The molecule has 30 valence electrons. The fourth-order valence-corrected chi connectivity index (χ4v) is 0. The first kappa shape index (κ1) is 24.7. The molecule has 0 atom stereocenters. The molecule has 0 N–H and O–H groups in total. The molecule has 5 heavy (non-hydrogen) atoms. The molecule has 0 amide bonds. The third kappa shape index (κ3) is 19.7. The maximum atomic E-state index is 4.17. The molecule has 0 bridgehead atoms. The Morgan fingerprint density at radius 3 is 1.20 bits per heavy atom. The Kier molecular flexibility index (Phi) is 141. The molecule has 0 rings (SSSR count). The standard InChI is InChI=1S/Mo.S.Se.Te.W.